The molecule has 0 bridgehead atoms. The minimum atomic E-state index is 0.651. The van der Waals surface area contributed by atoms with Crippen molar-refractivity contribution in [3.63, 3.8) is 0 Å². The molecule has 3 aromatic rings. The number of hydrogen-bond acceptors (Lipinski definition) is 6. The van der Waals surface area contributed by atoms with Gasteiger partial charge in [-0.1, -0.05) is 10.3 Å². The van der Waals surface area contributed by atoms with Crippen molar-refractivity contribution in [2.24, 2.45) is 0 Å². The van der Waals surface area contributed by atoms with Crippen LogP contribution in [0.4, 0.5) is 5.69 Å². The van der Waals surface area contributed by atoms with E-state index in [0.29, 0.717) is 11.3 Å². The van der Waals surface area contributed by atoms with E-state index in [1.165, 1.54) is 0 Å². The second kappa shape index (κ2) is 3.08. The molecule has 0 unspecified atom stereocenters. The van der Waals surface area contributed by atoms with Crippen LogP contribution < -0.4 is 5.73 Å². The number of nitrogen functional groups attached to an aromatic ring is 1. The molecule has 0 spiro atoms. The zero-order chi connectivity index (χ0) is 11.3. The summed E-state index contributed by atoms with van der Waals surface area (Å²) < 4.78 is 11.2. The summed E-state index contributed by atoms with van der Waals surface area (Å²) in [5.74, 6) is 0.722. The first kappa shape index (κ1) is 9.41. The van der Waals surface area contributed by atoms with Crippen molar-refractivity contribution in [2.45, 2.75) is 13.8 Å². The maximum atomic E-state index is 5.88. The lowest BCUT2D eigenvalue weighted by molar-refractivity contribution is 0.397. The van der Waals surface area contributed by atoms with E-state index >= 15 is 0 Å². The highest BCUT2D eigenvalue weighted by molar-refractivity contribution is 7.20. The SMILES string of the molecule is Cc1oncc1-c1noc2c(N)c(C)sc12. The summed E-state index contributed by atoms with van der Waals surface area (Å²) in [4.78, 5) is 1.03. The maximum Gasteiger partial charge on any atom is 0.201 e. The standard InChI is InChI=1S/C10H9N3O2S/c1-4-6(3-12-14-4)8-10-9(15-13-8)7(11)5(2)16-10/h3H,11H2,1-2H3. The number of nitrogens with two attached hydrogens (primary N) is 1. The van der Waals surface area contributed by atoms with Gasteiger partial charge in [0.1, 0.15) is 16.2 Å². The van der Waals surface area contributed by atoms with Gasteiger partial charge >= 0.3 is 0 Å². The molecule has 0 amide bonds. The molecular formula is C10H9N3O2S. The normalized spacial score (nSPS) is 11.4. The first-order valence-electron chi connectivity index (χ1n) is 4.74. The quantitative estimate of drug-likeness (QED) is 0.701. The third-order valence-corrected chi connectivity index (χ3v) is 3.64. The van der Waals surface area contributed by atoms with Gasteiger partial charge in [0.05, 0.1) is 17.4 Å². The number of aryl methyl sites for hydroxylation is 2. The molecule has 0 aliphatic rings. The smallest absolute Gasteiger partial charge is 0.201 e. The van der Waals surface area contributed by atoms with Crippen molar-refractivity contribution >= 4 is 27.3 Å². The second-order valence-corrected chi connectivity index (χ2v) is 4.78. The van der Waals surface area contributed by atoms with Crippen LogP contribution in [0, 0.1) is 13.8 Å². The van der Waals surface area contributed by atoms with Crippen molar-refractivity contribution < 1.29 is 9.05 Å². The van der Waals surface area contributed by atoms with E-state index < -0.39 is 0 Å². The topological polar surface area (TPSA) is 78.1 Å². The predicted octanol–water partition coefficient (Wildman–Crippen LogP) is 2.74. The van der Waals surface area contributed by atoms with Gasteiger partial charge in [-0.3, -0.25) is 0 Å². The molecule has 2 N–H and O–H groups in total. The van der Waals surface area contributed by atoms with Gasteiger partial charge in [0.2, 0.25) is 5.58 Å². The van der Waals surface area contributed by atoms with Crippen LogP contribution in [0.2, 0.25) is 0 Å². The number of rotatable bonds is 1. The summed E-state index contributed by atoms with van der Waals surface area (Å²) in [5, 5.41) is 7.75. The van der Waals surface area contributed by atoms with Crippen LogP contribution in [-0.2, 0) is 0 Å². The zero-order valence-corrected chi connectivity index (χ0v) is 9.59. The van der Waals surface area contributed by atoms with Crippen LogP contribution in [-0.4, -0.2) is 10.3 Å². The monoisotopic (exact) mass is 235 g/mol. The number of aromatic nitrogens is 2. The van der Waals surface area contributed by atoms with E-state index in [9.17, 15) is 0 Å². The minimum absolute atomic E-state index is 0.651. The molecule has 0 radical (unpaired) electrons. The van der Waals surface area contributed by atoms with Crippen LogP contribution in [0.1, 0.15) is 10.6 Å². The number of hydrogen-bond donors (Lipinski definition) is 1. The molecule has 3 aromatic heterocycles. The fraction of sp³-hybridized carbons (Fsp3) is 0.200. The van der Waals surface area contributed by atoms with Crippen LogP contribution in [0.5, 0.6) is 0 Å². The van der Waals surface area contributed by atoms with Crippen LogP contribution in [0.3, 0.4) is 0 Å². The Hall–Kier alpha value is -1.82. The molecule has 6 heteroatoms. The summed E-state index contributed by atoms with van der Waals surface area (Å²) in [6.45, 7) is 3.80. The third kappa shape index (κ3) is 1.10. The Morgan fingerprint density at radius 1 is 1.31 bits per heavy atom. The largest absolute Gasteiger partial charge is 0.395 e. The maximum absolute atomic E-state index is 5.88. The van der Waals surface area contributed by atoms with Crippen LogP contribution >= 0.6 is 11.3 Å². The fourth-order valence-electron chi connectivity index (χ4n) is 1.61. The average Bonchev–Trinajstić information content (AvgIpc) is 2.88. The Labute approximate surface area is 94.8 Å². The highest BCUT2D eigenvalue weighted by Crippen LogP contribution is 2.39. The number of fused-ring (bicyclic) bond motifs is 1. The Kier molecular flexibility index (Phi) is 1.81. The van der Waals surface area contributed by atoms with Crippen molar-refractivity contribution in [1.29, 1.82) is 0 Å². The lowest BCUT2D eigenvalue weighted by Gasteiger charge is -1.88. The molecular weight excluding hydrogens is 226 g/mol. The van der Waals surface area contributed by atoms with E-state index in [1.807, 2.05) is 13.8 Å². The molecule has 82 valence electrons. The molecule has 0 aliphatic heterocycles. The van der Waals surface area contributed by atoms with Crippen molar-refractivity contribution in [1.82, 2.24) is 10.3 Å². The van der Waals surface area contributed by atoms with Gasteiger partial charge in [0.25, 0.3) is 0 Å². The summed E-state index contributed by atoms with van der Waals surface area (Å²) >= 11 is 1.57. The highest BCUT2D eigenvalue weighted by atomic mass is 32.1. The van der Waals surface area contributed by atoms with Gasteiger partial charge in [-0.05, 0) is 13.8 Å². The van der Waals surface area contributed by atoms with Gasteiger partial charge in [-0.15, -0.1) is 11.3 Å². The number of thiophene rings is 1. The number of nitrogens with zero attached hydrogens (tertiary/aromatic N) is 2. The van der Waals surface area contributed by atoms with Crippen molar-refractivity contribution in [3.8, 4) is 11.3 Å². The van der Waals surface area contributed by atoms with E-state index in [2.05, 4.69) is 10.3 Å². The summed E-state index contributed by atoms with van der Waals surface area (Å²) in [5.41, 5.74) is 8.79. The second-order valence-electron chi connectivity index (χ2n) is 3.56. The Bertz CT molecular complexity index is 665. The Balaban J connectivity index is 2.33. The first-order valence-corrected chi connectivity index (χ1v) is 5.56. The summed E-state index contributed by atoms with van der Waals surface area (Å²) in [7, 11) is 0. The summed E-state index contributed by atoms with van der Waals surface area (Å²) in [6.07, 6.45) is 1.64. The van der Waals surface area contributed by atoms with Gasteiger partial charge in [0.15, 0.2) is 0 Å². The van der Waals surface area contributed by atoms with E-state index in [1.54, 1.807) is 17.5 Å². The van der Waals surface area contributed by atoms with Gasteiger partial charge in [-0.2, -0.15) is 0 Å². The lowest BCUT2D eigenvalue weighted by atomic mass is 10.2. The zero-order valence-electron chi connectivity index (χ0n) is 8.77. The molecule has 16 heavy (non-hydrogen) atoms. The Morgan fingerprint density at radius 2 is 2.12 bits per heavy atom. The molecule has 0 fully saturated rings. The molecule has 0 saturated carbocycles. The third-order valence-electron chi connectivity index (χ3n) is 2.53. The van der Waals surface area contributed by atoms with Crippen LogP contribution in [0.15, 0.2) is 15.2 Å². The average molecular weight is 235 g/mol. The van der Waals surface area contributed by atoms with E-state index in [-0.39, 0.29) is 0 Å². The van der Waals surface area contributed by atoms with Gasteiger partial charge in [0, 0.05) is 4.88 Å². The first-order chi connectivity index (χ1) is 7.68. The van der Waals surface area contributed by atoms with Crippen molar-refractivity contribution in [2.75, 3.05) is 5.73 Å². The molecule has 0 saturated heterocycles. The molecule has 3 heterocycles. The summed E-state index contributed by atoms with van der Waals surface area (Å²) in [6, 6.07) is 0. The van der Waals surface area contributed by atoms with E-state index in [4.69, 9.17) is 14.8 Å². The van der Waals surface area contributed by atoms with Gasteiger partial charge < -0.3 is 14.8 Å². The molecule has 0 aromatic carbocycles. The molecule has 5 nitrogen and oxygen atoms in total. The molecule has 0 aliphatic carbocycles. The van der Waals surface area contributed by atoms with E-state index in [0.717, 1.165) is 26.6 Å². The minimum Gasteiger partial charge on any atom is -0.395 e. The molecule has 3 rings (SSSR count). The van der Waals surface area contributed by atoms with Gasteiger partial charge in [-0.25, -0.2) is 0 Å². The predicted molar refractivity (Wildman–Crippen MR) is 61.3 cm³/mol. The highest BCUT2D eigenvalue weighted by Gasteiger charge is 2.20. The Morgan fingerprint density at radius 3 is 2.81 bits per heavy atom. The lowest BCUT2D eigenvalue weighted by Crippen LogP contribution is -1.81. The fourth-order valence-corrected chi connectivity index (χ4v) is 2.61. The molecule has 0 atom stereocenters. The number of anilines is 1. The van der Waals surface area contributed by atoms with Crippen LogP contribution in [0.25, 0.3) is 21.5 Å². The van der Waals surface area contributed by atoms with Crippen molar-refractivity contribution in [3.05, 3.63) is 16.8 Å².